The summed E-state index contributed by atoms with van der Waals surface area (Å²) in [7, 11) is 0. The Bertz CT molecular complexity index is 558. The third kappa shape index (κ3) is 4.54. The molecule has 0 bridgehead atoms. The van der Waals surface area contributed by atoms with E-state index in [2.05, 4.69) is 5.32 Å². The number of nitrogens with one attached hydrogen (secondary N) is 1. The summed E-state index contributed by atoms with van der Waals surface area (Å²) in [5.41, 5.74) is -0.621. The molecule has 1 unspecified atom stereocenters. The zero-order chi connectivity index (χ0) is 15.4. The molecule has 7 nitrogen and oxygen atoms in total. The lowest BCUT2D eigenvalue weighted by atomic mass is 10.2. The number of hydrogen-bond donors (Lipinski definition) is 1. The summed E-state index contributed by atoms with van der Waals surface area (Å²) in [6.07, 6.45) is 0. The Kier molecular flexibility index (Phi) is 6.51. The Hall–Kier alpha value is -1.93. The summed E-state index contributed by atoms with van der Waals surface area (Å²) >= 11 is 0. The van der Waals surface area contributed by atoms with Crippen LogP contribution in [0.1, 0.15) is 6.92 Å². The van der Waals surface area contributed by atoms with Crippen LogP contribution in [0, 0.1) is 15.9 Å². The maximum Gasteiger partial charge on any atom is 0.305 e. The minimum atomic E-state index is -0.985. The van der Waals surface area contributed by atoms with Gasteiger partial charge in [-0.05, 0) is 13.0 Å². The van der Waals surface area contributed by atoms with Gasteiger partial charge in [0.1, 0.15) is 5.75 Å². The Morgan fingerprint density at radius 1 is 1.59 bits per heavy atom. The normalized spacial score (nSPS) is 17.5. The van der Waals surface area contributed by atoms with Crippen molar-refractivity contribution in [1.82, 2.24) is 10.2 Å². The molecule has 1 amide bonds. The largest absolute Gasteiger partial charge is 0.484 e. The molecule has 9 heteroatoms. The molecule has 22 heavy (non-hydrogen) atoms. The second-order valence-electron chi connectivity index (χ2n) is 4.85. The lowest BCUT2D eigenvalue weighted by molar-refractivity contribution is -0.387. The number of rotatable bonds is 4. The zero-order valence-electron chi connectivity index (χ0n) is 12.0. The van der Waals surface area contributed by atoms with E-state index >= 15 is 0 Å². The number of amides is 1. The molecule has 0 saturated carbocycles. The van der Waals surface area contributed by atoms with Gasteiger partial charge < -0.3 is 15.0 Å². The molecule has 1 atom stereocenters. The van der Waals surface area contributed by atoms with Crippen molar-refractivity contribution in [2.24, 2.45) is 0 Å². The van der Waals surface area contributed by atoms with Crippen LogP contribution in [0.4, 0.5) is 10.1 Å². The van der Waals surface area contributed by atoms with E-state index in [0.717, 1.165) is 18.7 Å². The van der Waals surface area contributed by atoms with Gasteiger partial charge in [-0.25, -0.2) is 0 Å². The van der Waals surface area contributed by atoms with Gasteiger partial charge in [0.05, 0.1) is 4.92 Å². The second-order valence-corrected chi connectivity index (χ2v) is 4.85. The van der Waals surface area contributed by atoms with Crippen LogP contribution in [-0.4, -0.2) is 48.0 Å². The summed E-state index contributed by atoms with van der Waals surface area (Å²) in [6.45, 7) is 3.67. The minimum Gasteiger partial charge on any atom is -0.484 e. The van der Waals surface area contributed by atoms with E-state index in [1.54, 1.807) is 4.90 Å². The standard InChI is InChI=1S/C13H16FN3O4.ClH/c1-9-7-16(5-4-15-9)13(18)8-21-10-2-3-12(17(19)20)11(14)6-10;/h2-3,6,9,15H,4-5,7-8H2,1H3;1H. The topological polar surface area (TPSA) is 84.7 Å². The highest BCUT2D eigenvalue weighted by Gasteiger charge is 2.21. The van der Waals surface area contributed by atoms with Gasteiger partial charge in [-0.3, -0.25) is 14.9 Å². The van der Waals surface area contributed by atoms with E-state index < -0.39 is 16.4 Å². The molecule has 1 N–H and O–H groups in total. The van der Waals surface area contributed by atoms with Crippen molar-refractivity contribution in [3.8, 4) is 5.75 Å². The van der Waals surface area contributed by atoms with Crippen LogP contribution in [0.3, 0.4) is 0 Å². The predicted molar refractivity (Wildman–Crippen MR) is 79.8 cm³/mol. The van der Waals surface area contributed by atoms with E-state index in [0.29, 0.717) is 13.1 Å². The fourth-order valence-electron chi connectivity index (χ4n) is 2.12. The molecule has 122 valence electrons. The van der Waals surface area contributed by atoms with Crippen LogP contribution in [0.2, 0.25) is 0 Å². The van der Waals surface area contributed by atoms with Crippen molar-refractivity contribution in [2.45, 2.75) is 13.0 Å². The molecular weight excluding hydrogens is 317 g/mol. The maximum atomic E-state index is 13.4. The summed E-state index contributed by atoms with van der Waals surface area (Å²) < 4.78 is 18.6. The number of nitrogens with zero attached hydrogens (tertiary/aromatic N) is 2. The van der Waals surface area contributed by atoms with Crippen LogP contribution in [0.25, 0.3) is 0 Å². The monoisotopic (exact) mass is 333 g/mol. The SMILES string of the molecule is CC1CN(C(=O)COc2ccc([N+](=O)[O-])c(F)c2)CCN1.Cl. The molecule has 0 aromatic heterocycles. The molecule has 1 saturated heterocycles. The Morgan fingerprint density at radius 3 is 2.91 bits per heavy atom. The highest BCUT2D eigenvalue weighted by atomic mass is 35.5. The number of carbonyl (C=O) groups is 1. The van der Waals surface area contributed by atoms with Crippen LogP contribution in [-0.2, 0) is 4.79 Å². The first-order valence-corrected chi connectivity index (χ1v) is 6.55. The van der Waals surface area contributed by atoms with Gasteiger partial charge in [0, 0.05) is 37.8 Å². The van der Waals surface area contributed by atoms with Crippen molar-refractivity contribution < 1.29 is 18.8 Å². The van der Waals surface area contributed by atoms with E-state index in [1.165, 1.54) is 6.07 Å². The van der Waals surface area contributed by atoms with Crippen LogP contribution in [0.15, 0.2) is 18.2 Å². The molecule has 0 spiro atoms. The lowest BCUT2D eigenvalue weighted by Crippen LogP contribution is -2.52. The molecule has 1 aliphatic rings. The van der Waals surface area contributed by atoms with E-state index in [1.807, 2.05) is 6.92 Å². The quantitative estimate of drug-likeness (QED) is 0.664. The van der Waals surface area contributed by atoms with E-state index in [-0.39, 0.29) is 36.7 Å². The van der Waals surface area contributed by atoms with E-state index in [9.17, 15) is 19.3 Å². The van der Waals surface area contributed by atoms with Crippen LogP contribution >= 0.6 is 12.4 Å². The number of benzene rings is 1. The zero-order valence-corrected chi connectivity index (χ0v) is 12.8. The van der Waals surface area contributed by atoms with Crippen molar-refractivity contribution in [3.63, 3.8) is 0 Å². The fourth-order valence-corrected chi connectivity index (χ4v) is 2.12. The number of nitro groups is 1. The van der Waals surface area contributed by atoms with Gasteiger partial charge in [0.2, 0.25) is 5.82 Å². The first-order chi connectivity index (χ1) is 9.97. The molecule has 1 aromatic carbocycles. The smallest absolute Gasteiger partial charge is 0.305 e. The molecule has 2 rings (SSSR count). The summed E-state index contributed by atoms with van der Waals surface area (Å²) in [4.78, 5) is 23.3. The van der Waals surface area contributed by atoms with E-state index in [4.69, 9.17) is 4.74 Å². The maximum absolute atomic E-state index is 13.4. The Labute approximate surface area is 133 Å². The van der Waals surface area contributed by atoms with Crippen molar-refractivity contribution in [2.75, 3.05) is 26.2 Å². The molecule has 0 radical (unpaired) electrons. The Balaban J connectivity index is 0.00000242. The average molecular weight is 334 g/mol. The third-order valence-electron chi connectivity index (χ3n) is 3.20. The number of halogens is 2. The second kappa shape index (κ2) is 7.90. The molecule has 1 heterocycles. The van der Waals surface area contributed by atoms with Crippen molar-refractivity contribution in [1.29, 1.82) is 0 Å². The number of piperazine rings is 1. The van der Waals surface area contributed by atoms with Gasteiger partial charge in [0.25, 0.3) is 5.91 Å². The highest BCUT2D eigenvalue weighted by molar-refractivity contribution is 5.85. The molecule has 0 aliphatic carbocycles. The first kappa shape index (κ1) is 18.1. The average Bonchev–Trinajstić information content (AvgIpc) is 2.44. The lowest BCUT2D eigenvalue weighted by Gasteiger charge is -2.31. The number of hydrogen-bond acceptors (Lipinski definition) is 5. The van der Waals surface area contributed by atoms with Gasteiger partial charge >= 0.3 is 5.69 Å². The summed E-state index contributed by atoms with van der Waals surface area (Å²) in [5, 5.41) is 13.7. The van der Waals surface area contributed by atoms with Crippen LogP contribution < -0.4 is 10.1 Å². The molecule has 1 fully saturated rings. The minimum absolute atomic E-state index is 0. The number of nitro benzene ring substituents is 1. The van der Waals surface area contributed by atoms with Crippen molar-refractivity contribution >= 4 is 24.0 Å². The predicted octanol–water partition coefficient (Wildman–Crippen LogP) is 1.35. The van der Waals surface area contributed by atoms with Gasteiger partial charge in [-0.2, -0.15) is 4.39 Å². The summed E-state index contributed by atoms with van der Waals surface area (Å²) in [6, 6.07) is 3.42. The highest BCUT2D eigenvalue weighted by Crippen LogP contribution is 2.22. The van der Waals surface area contributed by atoms with Gasteiger partial charge in [-0.15, -0.1) is 12.4 Å². The fraction of sp³-hybridized carbons (Fsp3) is 0.462. The van der Waals surface area contributed by atoms with Gasteiger partial charge in [0.15, 0.2) is 6.61 Å². The molecule has 1 aromatic rings. The van der Waals surface area contributed by atoms with Gasteiger partial charge in [-0.1, -0.05) is 0 Å². The Morgan fingerprint density at radius 2 is 2.32 bits per heavy atom. The molecule has 1 aliphatic heterocycles. The third-order valence-corrected chi connectivity index (χ3v) is 3.20. The number of carbonyl (C=O) groups excluding carboxylic acids is 1. The molecular formula is C13H17ClFN3O4. The summed E-state index contributed by atoms with van der Waals surface area (Å²) in [5.74, 6) is -1.09. The van der Waals surface area contributed by atoms with Crippen LogP contribution in [0.5, 0.6) is 5.75 Å². The van der Waals surface area contributed by atoms with Crippen molar-refractivity contribution in [3.05, 3.63) is 34.1 Å². The number of ether oxygens (including phenoxy) is 1. The first-order valence-electron chi connectivity index (χ1n) is 6.55.